The molecule has 2 unspecified atom stereocenters. The van der Waals surface area contributed by atoms with Gasteiger partial charge in [-0.3, -0.25) is 4.79 Å². The topological polar surface area (TPSA) is 81.4 Å². The van der Waals surface area contributed by atoms with Crippen molar-refractivity contribution < 1.29 is 23.1 Å². The van der Waals surface area contributed by atoms with Crippen molar-refractivity contribution in [2.75, 3.05) is 6.61 Å². The Morgan fingerprint density at radius 1 is 1.40 bits per heavy atom. The lowest BCUT2D eigenvalue weighted by Crippen LogP contribution is -2.47. The zero-order valence-electron chi connectivity index (χ0n) is 11.2. The van der Waals surface area contributed by atoms with Gasteiger partial charge in [0, 0.05) is 5.56 Å². The first-order valence-electron chi connectivity index (χ1n) is 6.04. The van der Waals surface area contributed by atoms with E-state index in [1.807, 2.05) is 0 Å². The minimum Gasteiger partial charge on any atom is -0.464 e. The Hall–Kier alpha value is -2.02. The molecule has 5 nitrogen and oxygen atoms in total. The molecule has 0 aliphatic heterocycles. The lowest BCUT2D eigenvalue weighted by Gasteiger charge is -2.17. The molecule has 0 spiro atoms. The number of nitrogens with one attached hydrogen (secondary N) is 1. The maximum Gasteiger partial charge on any atom is 0.332 e. The Morgan fingerprint density at radius 2 is 2.05 bits per heavy atom. The number of nitrogens with two attached hydrogens (primary N) is 1. The predicted octanol–water partition coefficient (Wildman–Crippen LogP) is 1.03. The van der Waals surface area contributed by atoms with Gasteiger partial charge in [0.25, 0.3) is 0 Å². The number of amides is 1. The molecule has 1 amide bonds. The Balaban J connectivity index is 2.75. The molecule has 110 valence electrons. The van der Waals surface area contributed by atoms with Crippen LogP contribution >= 0.6 is 0 Å². The van der Waals surface area contributed by atoms with Crippen molar-refractivity contribution in [2.45, 2.75) is 25.9 Å². The average Bonchev–Trinajstić information content (AvgIpc) is 2.40. The minimum absolute atomic E-state index is 0.0330. The highest BCUT2D eigenvalue weighted by atomic mass is 19.1. The molecule has 1 aromatic rings. The number of carbonyl (C=O) groups excluding carboxylic acids is 2. The molecule has 0 aliphatic rings. The van der Waals surface area contributed by atoms with Crippen LogP contribution < -0.4 is 11.1 Å². The molecule has 1 aromatic carbocycles. The summed E-state index contributed by atoms with van der Waals surface area (Å²) in [4.78, 5) is 23.0. The average molecular weight is 286 g/mol. The highest BCUT2D eigenvalue weighted by Crippen LogP contribution is 2.17. The zero-order chi connectivity index (χ0) is 15.3. The molecule has 0 saturated carbocycles. The minimum atomic E-state index is -1.51. The van der Waals surface area contributed by atoms with E-state index in [0.29, 0.717) is 0 Å². The van der Waals surface area contributed by atoms with Gasteiger partial charge in [0.1, 0.15) is 11.6 Å². The number of ether oxygens (including phenoxy) is 1. The van der Waals surface area contributed by atoms with Gasteiger partial charge >= 0.3 is 5.97 Å². The van der Waals surface area contributed by atoms with Crippen LogP contribution in [0.25, 0.3) is 0 Å². The van der Waals surface area contributed by atoms with Crippen LogP contribution in [0.1, 0.15) is 25.5 Å². The standard InChI is InChI=1S/C13H16F2N2O3/c1-3-20-13(19)11(16)12(18)17-7(2)9-6-8(14)4-5-10(9)15/h4-7,11H,3,16H2,1-2H3,(H,17,18). The van der Waals surface area contributed by atoms with Crippen molar-refractivity contribution in [2.24, 2.45) is 5.73 Å². The second kappa shape index (κ2) is 6.95. The van der Waals surface area contributed by atoms with Gasteiger partial charge in [-0.1, -0.05) is 0 Å². The normalized spacial score (nSPS) is 13.4. The summed E-state index contributed by atoms with van der Waals surface area (Å²) < 4.78 is 31.2. The van der Waals surface area contributed by atoms with Crippen molar-refractivity contribution in [3.05, 3.63) is 35.4 Å². The highest BCUT2D eigenvalue weighted by Gasteiger charge is 2.25. The second-order valence-electron chi connectivity index (χ2n) is 4.13. The molecule has 0 bridgehead atoms. The molecule has 0 radical (unpaired) electrons. The van der Waals surface area contributed by atoms with Crippen LogP contribution in [0.4, 0.5) is 8.78 Å². The predicted molar refractivity (Wildman–Crippen MR) is 67.5 cm³/mol. The lowest BCUT2D eigenvalue weighted by atomic mass is 10.1. The molecular weight excluding hydrogens is 270 g/mol. The molecule has 1 rings (SSSR count). The first kappa shape index (κ1) is 16.0. The number of benzene rings is 1. The van der Waals surface area contributed by atoms with Gasteiger partial charge in [0.2, 0.25) is 5.91 Å². The van der Waals surface area contributed by atoms with Crippen molar-refractivity contribution in [1.82, 2.24) is 5.32 Å². The Morgan fingerprint density at radius 3 is 2.65 bits per heavy atom. The number of hydrogen-bond donors (Lipinski definition) is 2. The van der Waals surface area contributed by atoms with Crippen molar-refractivity contribution in [3.8, 4) is 0 Å². The van der Waals surface area contributed by atoms with Crippen LogP contribution in [0.15, 0.2) is 18.2 Å². The fourth-order valence-corrected chi connectivity index (χ4v) is 1.57. The van der Waals surface area contributed by atoms with Crippen LogP contribution in [0.5, 0.6) is 0 Å². The molecule has 0 fully saturated rings. The third-order valence-electron chi connectivity index (χ3n) is 2.61. The number of carbonyl (C=O) groups is 2. The van der Waals surface area contributed by atoms with E-state index in [-0.39, 0.29) is 12.2 Å². The fraction of sp³-hybridized carbons (Fsp3) is 0.385. The molecule has 3 N–H and O–H groups in total. The van der Waals surface area contributed by atoms with Crippen LogP contribution in [-0.2, 0) is 14.3 Å². The molecule has 2 atom stereocenters. The lowest BCUT2D eigenvalue weighted by molar-refractivity contribution is -0.148. The smallest absolute Gasteiger partial charge is 0.332 e. The first-order chi connectivity index (χ1) is 9.36. The third-order valence-corrected chi connectivity index (χ3v) is 2.61. The number of halogens is 2. The summed E-state index contributed by atoms with van der Waals surface area (Å²) >= 11 is 0. The summed E-state index contributed by atoms with van der Waals surface area (Å²) in [6, 6.07) is 0.555. The Labute approximate surface area is 115 Å². The molecule has 0 saturated heterocycles. The van der Waals surface area contributed by atoms with Crippen LogP contribution in [-0.4, -0.2) is 24.5 Å². The zero-order valence-corrected chi connectivity index (χ0v) is 11.2. The molecule has 0 heterocycles. The summed E-state index contributed by atoms with van der Waals surface area (Å²) in [6.07, 6.45) is 0. The summed E-state index contributed by atoms with van der Waals surface area (Å²) in [5.74, 6) is -2.99. The third kappa shape index (κ3) is 3.99. The molecule has 7 heteroatoms. The van der Waals surface area contributed by atoms with Crippen LogP contribution in [0.2, 0.25) is 0 Å². The second-order valence-corrected chi connectivity index (χ2v) is 4.13. The van der Waals surface area contributed by atoms with E-state index in [4.69, 9.17) is 5.73 Å². The van der Waals surface area contributed by atoms with E-state index >= 15 is 0 Å². The van der Waals surface area contributed by atoms with Gasteiger partial charge < -0.3 is 15.8 Å². The Bertz CT molecular complexity index is 508. The molecular formula is C13H16F2N2O3. The quantitative estimate of drug-likeness (QED) is 0.626. The summed E-state index contributed by atoms with van der Waals surface area (Å²) in [5.41, 5.74) is 5.35. The van der Waals surface area contributed by atoms with Crippen LogP contribution in [0.3, 0.4) is 0 Å². The van der Waals surface area contributed by atoms with E-state index < -0.39 is 35.6 Å². The maximum absolute atomic E-state index is 13.5. The number of hydrogen-bond acceptors (Lipinski definition) is 4. The number of esters is 1. The first-order valence-corrected chi connectivity index (χ1v) is 6.04. The largest absolute Gasteiger partial charge is 0.464 e. The maximum atomic E-state index is 13.5. The number of rotatable bonds is 5. The van der Waals surface area contributed by atoms with Gasteiger partial charge in [-0.2, -0.15) is 0 Å². The van der Waals surface area contributed by atoms with E-state index in [2.05, 4.69) is 10.1 Å². The van der Waals surface area contributed by atoms with Crippen molar-refractivity contribution in [3.63, 3.8) is 0 Å². The van der Waals surface area contributed by atoms with Gasteiger partial charge in [0.15, 0.2) is 6.04 Å². The SMILES string of the molecule is CCOC(=O)C(N)C(=O)NC(C)c1cc(F)ccc1F. The summed E-state index contributed by atoms with van der Waals surface area (Å²) in [7, 11) is 0. The monoisotopic (exact) mass is 286 g/mol. The van der Waals surface area contributed by atoms with Gasteiger partial charge in [-0.25, -0.2) is 13.6 Å². The van der Waals surface area contributed by atoms with Crippen molar-refractivity contribution >= 4 is 11.9 Å². The van der Waals surface area contributed by atoms with Gasteiger partial charge in [0.05, 0.1) is 12.6 Å². The van der Waals surface area contributed by atoms with Crippen LogP contribution in [0, 0.1) is 11.6 Å². The van der Waals surface area contributed by atoms with E-state index in [9.17, 15) is 18.4 Å². The van der Waals surface area contributed by atoms with E-state index in [1.54, 1.807) is 6.92 Å². The fourth-order valence-electron chi connectivity index (χ4n) is 1.57. The molecule has 0 aliphatic carbocycles. The van der Waals surface area contributed by atoms with E-state index in [0.717, 1.165) is 18.2 Å². The summed E-state index contributed by atoms with van der Waals surface area (Å²) in [5, 5.41) is 2.33. The van der Waals surface area contributed by atoms with Gasteiger partial charge in [-0.05, 0) is 32.0 Å². The Kier molecular flexibility index (Phi) is 5.57. The van der Waals surface area contributed by atoms with Gasteiger partial charge in [-0.15, -0.1) is 0 Å². The highest BCUT2D eigenvalue weighted by molar-refractivity contribution is 6.01. The molecule has 0 aromatic heterocycles. The summed E-state index contributed by atoms with van der Waals surface area (Å²) in [6.45, 7) is 3.12. The van der Waals surface area contributed by atoms with Crippen molar-refractivity contribution in [1.29, 1.82) is 0 Å². The van der Waals surface area contributed by atoms with E-state index in [1.165, 1.54) is 6.92 Å². The molecule has 20 heavy (non-hydrogen) atoms.